The van der Waals surface area contributed by atoms with Gasteiger partial charge in [0.05, 0.1) is 24.4 Å². The van der Waals surface area contributed by atoms with Gasteiger partial charge in [-0.1, -0.05) is 6.42 Å². The predicted molar refractivity (Wildman–Crippen MR) is 87.3 cm³/mol. The third-order valence-corrected chi connectivity index (χ3v) is 4.59. The molecule has 1 aliphatic heterocycles. The second-order valence-corrected chi connectivity index (χ2v) is 6.24. The van der Waals surface area contributed by atoms with Gasteiger partial charge in [0.25, 0.3) is 0 Å². The molecule has 2 aromatic rings. The number of nitrogens with one attached hydrogen (secondary N) is 1. The minimum absolute atomic E-state index is 0.138. The van der Waals surface area contributed by atoms with Crippen molar-refractivity contribution in [1.82, 2.24) is 29.9 Å². The summed E-state index contributed by atoms with van der Waals surface area (Å²) in [5, 5.41) is 16.8. The normalized spacial score (nSPS) is 16.0. The van der Waals surface area contributed by atoms with E-state index in [0.717, 1.165) is 41.8 Å². The number of hydrogen-bond acceptors (Lipinski definition) is 5. The van der Waals surface area contributed by atoms with Crippen molar-refractivity contribution in [3.8, 4) is 5.88 Å². The molecule has 1 aliphatic rings. The van der Waals surface area contributed by atoms with Crippen LogP contribution in [0.15, 0.2) is 0 Å². The van der Waals surface area contributed by atoms with E-state index in [4.69, 9.17) is 4.74 Å². The molecule has 0 radical (unpaired) electrons. The molecule has 3 rings (SSSR count). The Balaban J connectivity index is 1.73. The maximum absolute atomic E-state index is 5.45. The number of fused-ring (bicyclic) bond motifs is 1. The van der Waals surface area contributed by atoms with Gasteiger partial charge in [0, 0.05) is 26.6 Å². The smallest absolute Gasteiger partial charge is 0.216 e. The molecule has 0 bridgehead atoms. The van der Waals surface area contributed by atoms with E-state index in [2.05, 4.69) is 32.1 Å². The van der Waals surface area contributed by atoms with Gasteiger partial charge in [-0.05, 0) is 26.7 Å². The van der Waals surface area contributed by atoms with Gasteiger partial charge in [-0.2, -0.15) is 5.10 Å². The third-order valence-electron chi connectivity index (χ3n) is 4.59. The summed E-state index contributed by atoms with van der Waals surface area (Å²) in [7, 11) is 3.58. The Morgan fingerprint density at radius 3 is 2.87 bits per heavy atom. The summed E-state index contributed by atoms with van der Waals surface area (Å²) < 4.78 is 9.52. The van der Waals surface area contributed by atoms with Crippen LogP contribution >= 0.6 is 0 Å². The summed E-state index contributed by atoms with van der Waals surface area (Å²) in [6, 6.07) is 0.138. The van der Waals surface area contributed by atoms with Gasteiger partial charge in [0.15, 0.2) is 0 Å². The number of methoxy groups -OCH3 is 1. The first kappa shape index (κ1) is 16.0. The van der Waals surface area contributed by atoms with Gasteiger partial charge < -0.3 is 14.6 Å². The molecule has 23 heavy (non-hydrogen) atoms. The van der Waals surface area contributed by atoms with Gasteiger partial charge in [-0.15, -0.1) is 10.2 Å². The summed E-state index contributed by atoms with van der Waals surface area (Å²) in [6.45, 7) is 5.87. The molecule has 0 aliphatic carbocycles. The maximum atomic E-state index is 5.45. The van der Waals surface area contributed by atoms with E-state index in [1.54, 1.807) is 11.8 Å². The molecule has 0 fully saturated rings. The molecular weight excluding hydrogens is 292 g/mol. The summed E-state index contributed by atoms with van der Waals surface area (Å²) >= 11 is 0. The van der Waals surface area contributed by atoms with E-state index in [1.807, 2.05) is 14.0 Å². The standard InChI is InChI=1S/C16H26N6O/c1-11-13(16(23-4)21(3)20-11)10-17-12(2)15-19-18-14-8-6-5-7-9-22(14)15/h12,17H,5-10H2,1-4H3/t12-/m0/s1. The molecule has 0 saturated carbocycles. The van der Waals surface area contributed by atoms with E-state index < -0.39 is 0 Å². The van der Waals surface area contributed by atoms with Gasteiger partial charge in [0.2, 0.25) is 5.88 Å². The van der Waals surface area contributed by atoms with E-state index in [1.165, 1.54) is 19.3 Å². The van der Waals surface area contributed by atoms with Crippen LogP contribution in [0.5, 0.6) is 5.88 Å². The molecule has 0 saturated heterocycles. The number of ether oxygens (including phenoxy) is 1. The van der Waals surface area contributed by atoms with Crippen molar-refractivity contribution < 1.29 is 4.74 Å². The van der Waals surface area contributed by atoms with Crippen LogP contribution in [0.4, 0.5) is 0 Å². The molecular formula is C16H26N6O. The van der Waals surface area contributed by atoms with Crippen molar-refractivity contribution in [3.05, 3.63) is 22.9 Å². The van der Waals surface area contributed by atoms with Crippen LogP contribution in [0.3, 0.4) is 0 Å². The molecule has 126 valence electrons. The number of nitrogens with zero attached hydrogens (tertiary/aromatic N) is 5. The lowest BCUT2D eigenvalue weighted by Gasteiger charge is -2.15. The van der Waals surface area contributed by atoms with Crippen molar-refractivity contribution in [3.63, 3.8) is 0 Å². The topological polar surface area (TPSA) is 69.8 Å². The SMILES string of the molecule is COc1c(CN[C@@H](C)c2nnc3n2CCCCC3)c(C)nn1C. The Kier molecular flexibility index (Phi) is 4.66. The Bertz CT molecular complexity index is 674. The van der Waals surface area contributed by atoms with Crippen LogP contribution < -0.4 is 10.1 Å². The second-order valence-electron chi connectivity index (χ2n) is 6.24. The number of hydrogen-bond donors (Lipinski definition) is 1. The minimum Gasteiger partial charge on any atom is -0.481 e. The molecule has 1 atom stereocenters. The predicted octanol–water partition coefficient (Wildman–Crippen LogP) is 1.91. The zero-order chi connectivity index (χ0) is 16.4. The number of aryl methyl sites for hydroxylation is 3. The number of rotatable bonds is 5. The molecule has 1 N–H and O–H groups in total. The highest BCUT2D eigenvalue weighted by molar-refractivity contribution is 5.30. The van der Waals surface area contributed by atoms with Crippen molar-refractivity contribution in [1.29, 1.82) is 0 Å². The Morgan fingerprint density at radius 1 is 1.26 bits per heavy atom. The second kappa shape index (κ2) is 6.70. The van der Waals surface area contributed by atoms with Crippen LogP contribution in [0.25, 0.3) is 0 Å². The zero-order valence-electron chi connectivity index (χ0n) is 14.5. The highest BCUT2D eigenvalue weighted by Gasteiger charge is 2.20. The van der Waals surface area contributed by atoms with E-state index in [9.17, 15) is 0 Å². The van der Waals surface area contributed by atoms with Crippen LogP contribution in [-0.2, 0) is 26.6 Å². The van der Waals surface area contributed by atoms with Crippen molar-refractivity contribution in [2.75, 3.05) is 7.11 Å². The summed E-state index contributed by atoms with van der Waals surface area (Å²) in [4.78, 5) is 0. The van der Waals surface area contributed by atoms with E-state index >= 15 is 0 Å². The quantitative estimate of drug-likeness (QED) is 0.912. The van der Waals surface area contributed by atoms with E-state index in [0.29, 0.717) is 6.54 Å². The fourth-order valence-electron chi connectivity index (χ4n) is 3.31. The molecule has 2 aromatic heterocycles. The average Bonchev–Trinajstić information content (AvgIpc) is 2.95. The van der Waals surface area contributed by atoms with E-state index in [-0.39, 0.29) is 6.04 Å². The zero-order valence-corrected chi connectivity index (χ0v) is 14.5. The minimum atomic E-state index is 0.138. The fourth-order valence-corrected chi connectivity index (χ4v) is 3.31. The average molecular weight is 318 g/mol. The number of aromatic nitrogens is 5. The van der Waals surface area contributed by atoms with Crippen LogP contribution in [0, 0.1) is 6.92 Å². The molecule has 0 amide bonds. The maximum Gasteiger partial charge on any atom is 0.216 e. The first-order valence-electron chi connectivity index (χ1n) is 8.33. The van der Waals surface area contributed by atoms with Crippen LogP contribution in [0.1, 0.15) is 55.1 Å². The summed E-state index contributed by atoms with van der Waals surface area (Å²) in [6.07, 6.45) is 4.73. The lowest BCUT2D eigenvalue weighted by molar-refractivity contribution is 0.366. The highest BCUT2D eigenvalue weighted by atomic mass is 16.5. The summed E-state index contributed by atoms with van der Waals surface area (Å²) in [5.74, 6) is 2.96. The molecule has 3 heterocycles. The molecule has 0 spiro atoms. The lowest BCUT2D eigenvalue weighted by atomic mass is 10.2. The molecule has 0 unspecified atom stereocenters. The Labute approximate surface area is 137 Å². The summed E-state index contributed by atoms with van der Waals surface area (Å²) in [5.41, 5.74) is 2.08. The van der Waals surface area contributed by atoms with Gasteiger partial charge >= 0.3 is 0 Å². The van der Waals surface area contributed by atoms with Crippen molar-refractivity contribution >= 4 is 0 Å². The monoisotopic (exact) mass is 318 g/mol. The Hall–Kier alpha value is -1.89. The van der Waals surface area contributed by atoms with Crippen molar-refractivity contribution in [2.24, 2.45) is 7.05 Å². The highest BCUT2D eigenvalue weighted by Crippen LogP contribution is 2.23. The molecule has 7 nitrogen and oxygen atoms in total. The van der Waals surface area contributed by atoms with Crippen molar-refractivity contribution in [2.45, 2.75) is 58.7 Å². The lowest BCUT2D eigenvalue weighted by Crippen LogP contribution is -2.22. The van der Waals surface area contributed by atoms with Gasteiger partial charge in [-0.3, -0.25) is 0 Å². The fraction of sp³-hybridized carbons (Fsp3) is 0.688. The van der Waals surface area contributed by atoms with Gasteiger partial charge in [0.1, 0.15) is 11.6 Å². The van der Waals surface area contributed by atoms with Crippen LogP contribution in [0.2, 0.25) is 0 Å². The molecule has 7 heteroatoms. The third kappa shape index (κ3) is 3.10. The Morgan fingerprint density at radius 2 is 2.09 bits per heavy atom. The largest absolute Gasteiger partial charge is 0.481 e. The molecule has 0 aromatic carbocycles. The first-order valence-corrected chi connectivity index (χ1v) is 8.33. The van der Waals surface area contributed by atoms with Gasteiger partial charge in [-0.25, -0.2) is 4.68 Å². The first-order chi connectivity index (χ1) is 11.1. The van der Waals surface area contributed by atoms with Crippen LogP contribution in [-0.4, -0.2) is 31.7 Å².